The van der Waals surface area contributed by atoms with Crippen molar-refractivity contribution < 1.29 is 0 Å². The van der Waals surface area contributed by atoms with Crippen LogP contribution in [-0.4, -0.2) is 37.2 Å². The van der Waals surface area contributed by atoms with Gasteiger partial charge in [0, 0.05) is 18.8 Å². The third-order valence-corrected chi connectivity index (χ3v) is 3.94. The summed E-state index contributed by atoms with van der Waals surface area (Å²) >= 11 is 0. The van der Waals surface area contributed by atoms with Crippen LogP contribution in [0, 0.1) is 13.8 Å². The molecule has 1 atom stereocenters. The summed E-state index contributed by atoms with van der Waals surface area (Å²) < 4.78 is 2.04. The fraction of sp³-hybridized carbons (Fsp3) is 0.533. The molecule has 0 unspecified atom stereocenters. The molecule has 0 spiro atoms. The van der Waals surface area contributed by atoms with Crippen molar-refractivity contribution in [2.45, 2.75) is 45.8 Å². The summed E-state index contributed by atoms with van der Waals surface area (Å²) in [7, 11) is 0. The number of hydrogen-bond donors (Lipinski definition) is 0. The molecule has 5 nitrogen and oxygen atoms in total. The highest BCUT2D eigenvalue weighted by Gasteiger charge is 2.25. The van der Waals surface area contributed by atoms with E-state index in [0.29, 0.717) is 6.04 Å². The highest BCUT2D eigenvalue weighted by Crippen LogP contribution is 2.21. The van der Waals surface area contributed by atoms with Crippen LogP contribution in [0.3, 0.4) is 0 Å². The Morgan fingerprint density at radius 2 is 2.20 bits per heavy atom. The maximum Gasteiger partial charge on any atom is 0.147 e. The molecule has 0 amide bonds. The quantitative estimate of drug-likeness (QED) is 0.853. The fourth-order valence-corrected chi connectivity index (χ4v) is 2.94. The van der Waals surface area contributed by atoms with Gasteiger partial charge in [-0.3, -0.25) is 9.88 Å². The highest BCUT2D eigenvalue weighted by atomic mass is 15.4. The molecule has 2 aromatic rings. The molecule has 0 bridgehead atoms. The molecule has 1 aliphatic heterocycles. The molecule has 1 saturated heterocycles. The van der Waals surface area contributed by atoms with Gasteiger partial charge in [0.05, 0.1) is 12.2 Å². The second kappa shape index (κ2) is 5.71. The van der Waals surface area contributed by atoms with Gasteiger partial charge in [0.1, 0.15) is 11.6 Å². The largest absolute Gasteiger partial charge is 0.293 e. The van der Waals surface area contributed by atoms with Crippen LogP contribution in [-0.2, 0) is 13.1 Å². The van der Waals surface area contributed by atoms with Gasteiger partial charge in [0.15, 0.2) is 0 Å². The van der Waals surface area contributed by atoms with E-state index in [9.17, 15) is 0 Å². The van der Waals surface area contributed by atoms with Crippen molar-refractivity contribution in [1.82, 2.24) is 24.6 Å². The molecular formula is C15H21N5. The molecule has 0 N–H and O–H groups in total. The minimum absolute atomic E-state index is 0.539. The van der Waals surface area contributed by atoms with Gasteiger partial charge in [-0.1, -0.05) is 6.07 Å². The Kier molecular flexibility index (Phi) is 3.78. The lowest BCUT2D eigenvalue weighted by atomic mass is 10.2. The van der Waals surface area contributed by atoms with Gasteiger partial charge in [0.2, 0.25) is 0 Å². The Bertz CT molecular complexity index is 563. The third-order valence-electron chi connectivity index (χ3n) is 3.94. The molecule has 2 aromatic heterocycles. The summed E-state index contributed by atoms with van der Waals surface area (Å²) in [6, 6.07) is 6.65. The van der Waals surface area contributed by atoms with E-state index in [1.807, 2.05) is 30.8 Å². The predicted octanol–water partition coefficient (Wildman–Crippen LogP) is 1.95. The number of aryl methyl sites for hydroxylation is 2. The van der Waals surface area contributed by atoms with Crippen LogP contribution in [0.4, 0.5) is 0 Å². The van der Waals surface area contributed by atoms with Gasteiger partial charge >= 0.3 is 0 Å². The molecular weight excluding hydrogens is 250 g/mol. The van der Waals surface area contributed by atoms with E-state index in [0.717, 1.165) is 37.0 Å². The molecule has 0 radical (unpaired) electrons. The summed E-state index contributed by atoms with van der Waals surface area (Å²) in [6.45, 7) is 6.98. The van der Waals surface area contributed by atoms with Gasteiger partial charge in [-0.15, -0.1) is 0 Å². The molecule has 106 valence electrons. The molecule has 0 saturated carbocycles. The van der Waals surface area contributed by atoms with Crippen molar-refractivity contribution in [1.29, 1.82) is 0 Å². The predicted molar refractivity (Wildman–Crippen MR) is 77.2 cm³/mol. The SMILES string of the molecule is Cc1nc(C)n(C[C@@H]2CCCN2Cc2ccccn2)n1. The van der Waals surface area contributed by atoms with Crippen LogP contribution in [0.1, 0.15) is 30.2 Å². The second-order valence-electron chi connectivity index (χ2n) is 5.48. The maximum absolute atomic E-state index is 4.48. The summed E-state index contributed by atoms with van der Waals surface area (Å²) in [4.78, 5) is 11.3. The Hall–Kier alpha value is -1.75. The molecule has 0 aliphatic carbocycles. The Morgan fingerprint density at radius 1 is 1.30 bits per heavy atom. The number of hydrogen-bond acceptors (Lipinski definition) is 4. The third kappa shape index (κ3) is 2.88. The smallest absolute Gasteiger partial charge is 0.147 e. The molecule has 0 aromatic carbocycles. The van der Waals surface area contributed by atoms with Crippen LogP contribution in [0.15, 0.2) is 24.4 Å². The molecule has 1 fully saturated rings. The van der Waals surface area contributed by atoms with Crippen molar-refractivity contribution in [3.63, 3.8) is 0 Å². The summed E-state index contributed by atoms with van der Waals surface area (Å²) in [5.74, 6) is 1.86. The van der Waals surface area contributed by atoms with Crippen molar-refractivity contribution in [2.24, 2.45) is 0 Å². The van der Waals surface area contributed by atoms with Gasteiger partial charge in [-0.25, -0.2) is 9.67 Å². The van der Waals surface area contributed by atoms with Gasteiger partial charge < -0.3 is 0 Å². The fourth-order valence-electron chi connectivity index (χ4n) is 2.94. The Balaban J connectivity index is 1.68. The standard InChI is InChI=1S/C15H21N5/c1-12-17-13(2)20(18-12)11-15-7-5-9-19(15)10-14-6-3-4-8-16-14/h3-4,6,8,15H,5,7,9-11H2,1-2H3/t15-/m0/s1. The summed E-state index contributed by atoms with van der Waals surface area (Å²) in [6.07, 6.45) is 4.35. The number of rotatable bonds is 4. The minimum atomic E-state index is 0.539. The van der Waals surface area contributed by atoms with Crippen LogP contribution >= 0.6 is 0 Å². The first-order valence-corrected chi connectivity index (χ1v) is 7.24. The van der Waals surface area contributed by atoms with Crippen LogP contribution in [0.2, 0.25) is 0 Å². The second-order valence-corrected chi connectivity index (χ2v) is 5.48. The zero-order valence-electron chi connectivity index (χ0n) is 12.2. The normalized spacial score (nSPS) is 19.6. The van der Waals surface area contributed by atoms with E-state index >= 15 is 0 Å². The Morgan fingerprint density at radius 3 is 2.90 bits per heavy atom. The first kappa shape index (κ1) is 13.2. The first-order valence-electron chi connectivity index (χ1n) is 7.24. The molecule has 20 heavy (non-hydrogen) atoms. The lowest BCUT2D eigenvalue weighted by Gasteiger charge is -2.24. The zero-order chi connectivity index (χ0) is 13.9. The first-order chi connectivity index (χ1) is 9.72. The van der Waals surface area contributed by atoms with Crippen molar-refractivity contribution >= 4 is 0 Å². The molecule has 3 rings (SSSR count). The lowest BCUT2D eigenvalue weighted by molar-refractivity contribution is 0.215. The van der Waals surface area contributed by atoms with Crippen LogP contribution in [0.25, 0.3) is 0 Å². The Labute approximate surface area is 119 Å². The highest BCUT2D eigenvalue weighted by molar-refractivity contribution is 5.04. The number of aromatic nitrogens is 4. The van der Waals surface area contributed by atoms with Crippen molar-refractivity contribution in [2.75, 3.05) is 6.54 Å². The molecule has 1 aliphatic rings. The van der Waals surface area contributed by atoms with Crippen LogP contribution < -0.4 is 0 Å². The summed E-state index contributed by atoms with van der Waals surface area (Å²) in [5, 5.41) is 4.48. The number of likely N-dealkylation sites (tertiary alicyclic amines) is 1. The van der Waals surface area contributed by atoms with E-state index in [1.54, 1.807) is 0 Å². The lowest BCUT2D eigenvalue weighted by Crippen LogP contribution is -2.33. The number of pyridine rings is 1. The van der Waals surface area contributed by atoms with Gasteiger partial charge in [-0.2, -0.15) is 5.10 Å². The molecule has 5 heteroatoms. The molecule has 3 heterocycles. The number of nitrogens with zero attached hydrogens (tertiary/aromatic N) is 5. The van der Waals surface area contributed by atoms with E-state index < -0.39 is 0 Å². The summed E-state index contributed by atoms with van der Waals surface area (Å²) in [5.41, 5.74) is 1.14. The zero-order valence-corrected chi connectivity index (χ0v) is 12.2. The minimum Gasteiger partial charge on any atom is -0.293 e. The average molecular weight is 271 g/mol. The van der Waals surface area contributed by atoms with Crippen molar-refractivity contribution in [3.05, 3.63) is 41.7 Å². The van der Waals surface area contributed by atoms with E-state index in [4.69, 9.17) is 0 Å². The average Bonchev–Trinajstić information content (AvgIpc) is 2.99. The van der Waals surface area contributed by atoms with Crippen LogP contribution in [0.5, 0.6) is 0 Å². The monoisotopic (exact) mass is 271 g/mol. The van der Waals surface area contributed by atoms with Gasteiger partial charge in [-0.05, 0) is 45.4 Å². The topological polar surface area (TPSA) is 46.8 Å². The maximum atomic E-state index is 4.48. The van der Waals surface area contributed by atoms with E-state index in [2.05, 4.69) is 32.1 Å². The van der Waals surface area contributed by atoms with Gasteiger partial charge in [0.25, 0.3) is 0 Å². The van der Waals surface area contributed by atoms with E-state index in [-0.39, 0.29) is 0 Å². The van der Waals surface area contributed by atoms with Crippen molar-refractivity contribution in [3.8, 4) is 0 Å². The van der Waals surface area contributed by atoms with E-state index in [1.165, 1.54) is 12.8 Å².